The van der Waals surface area contributed by atoms with Crippen molar-refractivity contribution < 1.29 is 9.53 Å². The van der Waals surface area contributed by atoms with E-state index in [4.69, 9.17) is 4.74 Å². The van der Waals surface area contributed by atoms with E-state index in [2.05, 4.69) is 6.58 Å². The van der Waals surface area contributed by atoms with Crippen molar-refractivity contribution in [3.8, 4) is 0 Å². The van der Waals surface area contributed by atoms with Crippen LogP contribution in [0.2, 0.25) is 0 Å². The quantitative estimate of drug-likeness (QED) is 0.540. The molecule has 1 fully saturated rings. The first-order valence-corrected chi connectivity index (χ1v) is 3.82. The SMILES string of the molecule is C=C(C)OC(=O)N1CCCC1. The fraction of sp³-hybridized carbons (Fsp3) is 0.625. The normalized spacial score (nSPS) is 16.6. The number of carbonyl (C=O) groups excluding carboxylic acids is 1. The summed E-state index contributed by atoms with van der Waals surface area (Å²) in [7, 11) is 0. The molecular weight excluding hydrogens is 142 g/mol. The third-order valence-corrected chi connectivity index (χ3v) is 1.63. The summed E-state index contributed by atoms with van der Waals surface area (Å²) in [6.07, 6.45) is 1.92. The van der Waals surface area contributed by atoms with Gasteiger partial charge in [0.05, 0.1) is 5.76 Å². The minimum absolute atomic E-state index is 0.255. The fourth-order valence-electron chi connectivity index (χ4n) is 1.11. The van der Waals surface area contributed by atoms with Gasteiger partial charge in [0, 0.05) is 13.1 Å². The van der Waals surface area contributed by atoms with Crippen molar-refractivity contribution in [2.45, 2.75) is 19.8 Å². The highest BCUT2D eigenvalue weighted by molar-refractivity contribution is 5.68. The summed E-state index contributed by atoms with van der Waals surface area (Å²) in [6.45, 7) is 6.82. The van der Waals surface area contributed by atoms with E-state index < -0.39 is 0 Å². The Hall–Kier alpha value is -0.990. The molecule has 0 saturated carbocycles. The van der Waals surface area contributed by atoms with Crippen LogP contribution < -0.4 is 0 Å². The maximum absolute atomic E-state index is 11.1. The largest absolute Gasteiger partial charge is 0.416 e. The molecule has 0 aromatic rings. The first-order valence-electron chi connectivity index (χ1n) is 3.82. The molecule has 0 aliphatic carbocycles. The van der Waals surface area contributed by atoms with Crippen molar-refractivity contribution in [1.29, 1.82) is 0 Å². The van der Waals surface area contributed by atoms with Gasteiger partial charge in [-0.15, -0.1) is 0 Å². The van der Waals surface area contributed by atoms with Crippen molar-refractivity contribution in [3.05, 3.63) is 12.3 Å². The van der Waals surface area contributed by atoms with Crippen LogP contribution in [0.4, 0.5) is 4.79 Å². The Morgan fingerprint density at radius 3 is 2.45 bits per heavy atom. The predicted octanol–water partition coefficient (Wildman–Crippen LogP) is 1.75. The van der Waals surface area contributed by atoms with Crippen LogP contribution in [0.1, 0.15) is 19.8 Å². The number of carbonyl (C=O) groups is 1. The number of allylic oxidation sites excluding steroid dienone is 1. The number of rotatable bonds is 1. The Bertz CT molecular complexity index is 171. The molecule has 0 atom stereocenters. The van der Waals surface area contributed by atoms with Crippen LogP contribution in [0, 0.1) is 0 Å². The molecule has 11 heavy (non-hydrogen) atoms. The van der Waals surface area contributed by atoms with Crippen LogP contribution in [0.5, 0.6) is 0 Å². The van der Waals surface area contributed by atoms with Crippen LogP contribution in [0.3, 0.4) is 0 Å². The van der Waals surface area contributed by atoms with Gasteiger partial charge < -0.3 is 9.64 Å². The highest BCUT2D eigenvalue weighted by Crippen LogP contribution is 2.09. The zero-order valence-electron chi connectivity index (χ0n) is 6.80. The van der Waals surface area contributed by atoms with Crippen LogP contribution in [-0.2, 0) is 4.74 Å². The van der Waals surface area contributed by atoms with Gasteiger partial charge in [-0.25, -0.2) is 4.79 Å². The molecule has 0 radical (unpaired) electrons. The molecular formula is C8H13NO2. The molecule has 1 rings (SSSR count). The predicted molar refractivity (Wildman–Crippen MR) is 42.1 cm³/mol. The molecule has 1 aliphatic rings. The summed E-state index contributed by atoms with van der Waals surface area (Å²) in [6, 6.07) is 0. The van der Waals surface area contributed by atoms with E-state index >= 15 is 0 Å². The van der Waals surface area contributed by atoms with E-state index in [9.17, 15) is 4.79 Å². The molecule has 62 valence electrons. The molecule has 0 aromatic heterocycles. The molecule has 1 amide bonds. The third-order valence-electron chi connectivity index (χ3n) is 1.63. The monoisotopic (exact) mass is 155 g/mol. The Kier molecular flexibility index (Phi) is 2.52. The number of likely N-dealkylation sites (tertiary alicyclic amines) is 1. The number of hydrogen-bond donors (Lipinski definition) is 0. The number of hydrogen-bond acceptors (Lipinski definition) is 2. The smallest absolute Gasteiger partial charge is 0.414 e. The van der Waals surface area contributed by atoms with Crippen molar-refractivity contribution >= 4 is 6.09 Å². The molecule has 0 aromatic carbocycles. The molecule has 0 N–H and O–H groups in total. The maximum atomic E-state index is 11.1. The highest BCUT2D eigenvalue weighted by Gasteiger charge is 2.18. The lowest BCUT2D eigenvalue weighted by molar-refractivity contribution is 0.138. The van der Waals surface area contributed by atoms with Gasteiger partial charge in [0.1, 0.15) is 0 Å². The minimum atomic E-state index is -0.255. The lowest BCUT2D eigenvalue weighted by atomic mass is 10.4. The minimum Gasteiger partial charge on any atom is -0.416 e. The second-order valence-electron chi connectivity index (χ2n) is 2.76. The molecule has 1 aliphatic heterocycles. The van der Waals surface area contributed by atoms with Crippen LogP contribution in [-0.4, -0.2) is 24.1 Å². The van der Waals surface area contributed by atoms with Gasteiger partial charge in [-0.1, -0.05) is 6.58 Å². The van der Waals surface area contributed by atoms with Crippen molar-refractivity contribution in [3.63, 3.8) is 0 Å². The molecule has 0 spiro atoms. The van der Waals surface area contributed by atoms with Crippen LogP contribution >= 0.6 is 0 Å². The summed E-state index contributed by atoms with van der Waals surface area (Å²) >= 11 is 0. The van der Waals surface area contributed by atoms with E-state index in [1.807, 2.05) is 0 Å². The Morgan fingerprint density at radius 2 is 2.00 bits per heavy atom. The standard InChI is InChI=1S/C8H13NO2/c1-7(2)11-8(10)9-5-3-4-6-9/h1,3-6H2,2H3. The molecule has 0 unspecified atom stereocenters. The summed E-state index contributed by atoms with van der Waals surface area (Å²) in [5.74, 6) is 0.460. The Balaban J connectivity index is 2.34. The lowest BCUT2D eigenvalue weighted by Gasteiger charge is -2.14. The van der Waals surface area contributed by atoms with Crippen molar-refractivity contribution in [2.75, 3.05) is 13.1 Å². The van der Waals surface area contributed by atoms with Gasteiger partial charge in [0.2, 0.25) is 0 Å². The average molecular weight is 155 g/mol. The average Bonchev–Trinajstić information content (AvgIpc) is 2.35. The fourth-order valence-corrected chi connectivity index (χ4v) is 1.11. The van der Waals surface area contributed by atoms with Gasteiger partial charge in [0.15, 0.2) is 0 Å². The van der Waals surface area contributed by atoms with Crippen LogP contribution in [0.15, 0.2) is 12.3 Å². The zero-order chi connectivity index (χ0) is 8.27. The highest BCUT2D eigenvalue weighted by atomic mass is 16.6. The van der Waals surface area contributed by atoms with Crippen molar-refractivity contribution in [1.82, 2.24) is 4.90 Å². The molecule has 1 saturated heterocycles. The maximum Gasteiger partial charge on any atom is 0.414 e. The number of ether oxygens (including phenoxy) is 1. The van der Waals surface area contributed by atoms with Gasteiger partial charge in [-0.3, -0.25) is 0 Å². The van der Waals surface area contributed by atoms with Gasteiger partial charge in [0.25, 0.3) is 0 Å². The summed E-state index contributed by atoms with van der Waals surface area (Å²) in [4.78, 5) is 12.8. The van der Waals surface area contributed by atoms with Crippen LogP contribution in [0.25, 0.3) is 0 Å². The van der Waals surface area contributed by atoms with Crippen molar-refractivity contribution in [2.24, 2.45) is 0 Å². The van der Waals surface area contributed by atoms with E-state index in [1.165, 1.54) is 0 Å². The van der Waals surface area contributed by atoms with Gasteiger partial charge >= 0.3 is 6.09 Å². The summed E-state index contributed by atoms with van der Waals surface area (Å²) < 4.78 is 4.83. The molecule has 1 heterocycles. The second kappa shape index (κ2) is 3.42. The second-order valence-corrected chi connectivity index (χ2v) is 2.76. The molecule has 3 nitrogen and oxygen atoms in total. The summed E-state index contributed by atoms with van der Waals surface area (Å²) in [5.41, 5.74) is 0. The first-order chi connectivity index (χ1) is 5.20. The molecule has 0 bridgehead atoms. The molecule has 3 heteroatoms. The Morgan fingerprint density at radius 1 is 1.45 bits per heavy atom. The van der Waals surface area contributed by atoms with E-state index in [-0.39, 0.29) is 6.09 Å². The summed E-state index contributed by atoms with van der Waals surface area (Å²) in [5, 5.41) is 0. The van der Waals surface area contributed by atoms with Gasteiger partial charge in [-0.05, 0) is 19.8 Å². The van der Waals surface area contributed by atoms with E-state index in [0.29, 0.717) is 5.76 Å². The first kappa shape index (κ1) is 8.11. The third kappa shape index (κ3) is 2.26. The zero-order valence-corrected chi connectivity index (χ0v) is 6.80. The Labute approximate surface area is 66.6 Å². The topological polar surface area (TPSA) is 29.5 Å². The van der Waals surface area contributed by atoms with E-state index in [1.54, 1.807) is 11.8 Å². The van der Waals surface area contributed by atoms with E-state index in [0.717, 1.165) is 25.9 Å². The number of nitrogens with zero attached hydrogens (tertiary/aromatic N) is 1. The lowest BCUT2D eigenvalue weighted by Crippen LogP contribution is -2.27. The van der Waals surface area contributed by atoms with Gasteiger partial charge in [-0.2, -0.15) is 0 Å². The number of amides is 1.